The molecule has 1 heterocycles. The molecule has 1 fully saturated rings. The van der Waals surface area contributed by atoms with Crippen molar-refractivity contribution in [2.45, 2.75) is 25.3 Å². The van der Waals surface area contributed by atoms with Crippen molar-refractivity contribution >= 4 is 17.2 Å². The van der Waals surface area contributed by atoms with Crippen LogP contribution < -0.4 is 9.47 Å². The molecule has 3 rings (SSSR count). The molecule has 0 spiro atoms. The smallest absolute Gasteiger partial charge is 0.254 e. The molecule has 1 amide bonds. The molecule has 0 atom stereocenters. The fourth-order valence-electron chi connectivity index (χ4n) is 2.62. The van der Waals surface area contributed by atoms with E-state index >= 15 is 0 Å². The van der Waals surface area contributed by atoms with Crippen LogP contribution in [0.4, 0.5) is 0 Å². The van der Waals surface area contributed by atoms with Crippen LogP contribution in [0.2, 0.25) is 0 Å². The quantitative estimate of drug-likeness (QED) is 0.778. The molecule has 0 radical (unpaired) electrons. The zero-order valence-electron chi connectivity index (χ0n) is 13.5. The molecule has 0 saturated heterocycles. The van der Waals surface area contributed by atoms with Gasteiger partial charge in [-0.3, -0.25) is 4.79 Å². The highest BCUT2D eigenvalue weighted by molar-refractivity contribution is 7.09. The Morgan fingerprint density at radius 1 is 1.22 bits per heavy atom. The molecule has 2 aromatic rings. The third-order valence-electron chi connectivity index (χ3n) is 4.03. The first kappa shape index (κ1) is 15.9. The molecule has 4 nitrogen and oxygen atoms in total. The first-order valence-corrected chi connectivity index (χ1v) is 8.65. The highest BCUT2D eigenvalue weighted by Gasteiger charge is 2.33. The van der Waals surface area contributed by atoms with Crippen molar-refractivity contribution in [1.82, 2.24) is 4.90 Å². The SMILES string of the molecule is COc1cc(OC)cc(C(=O)N(CCc2cccs2)C2CC2)c1. The zero-order valence-corrected chi connectivity index (χ0v) is 14.3. The summed E-state index contributed by atoms with van der Waals surface area (Å²) in [4.78, 5) is 16.2. The molecular formula is C18H21NO3S. The summed E-state index contributed by atoms with van der Waals surface area (Å²) in [6, 6.07) is 9.89. The number of hydrogen-bond acceptors (Lipinski definition) is 4. The molecular weight excluding hydrogens is 310 g/mol. The summed E-state index contributed by atoms with van der Waals surface area (Å²) in [6.07, 6.45) is 3.09. The second-order valence-corrected chi connectivity index (χ2v) is 6.69. The molecule has 1 aliphatic rings. The van der Waals surface area contributed by atoms with Gasteiger partial charge < -0.3 is 14.4 Å². The van der Waals surface area contributed by atoms with Crippen LogP contribution in [-0.2, 0) is 6.42 Å². The van der Waals surface area contributed by atoms with Crippen molar-refractivity contribution in [3.05, 3.63) is 46.2 Å². The lowest BCUT2D eigenvalue weighted by Crippen LogP contribution is -2.34. The Morgan fingerprint density at radius 3 is 2.43 bits per heavy atom. The van der Waals surface area contributed by atoms with E-state index in [1.165, 1.54) is 4.88 Å². The minimum atomic E-state index is 0.0567. The van der Waals surface area contributed by atoms with Crippen molar-refractivity contribution in [1.29, 1.82) is 0 Å². The Bertz CT molecular complexity index is 643. The number of methoxy groups -OCH3 is 2. The van der Waals surface area contributed by atoms with E-state index in [9.17, 15) is 4.79 Å². The first-order valence-electron chi connectivity index (χ1n) is 7.77. The number of amides is 1. The molecule has 0 unspecified atom stereocenters. The number of hydrogen-bond donors (Lipinski definition) is 0. The van der Waals surface area contributed by atoms with Crippen LogP contribution in [0, 0.1) is 0 Å². The van der Waals surface area contributed by atoms with Gasteiger partial charge in [0, 0.05) is 29.1 Å². The first-order chi connectivity index (χ1) is 11.2. The second kappa shape index (κ2) is 7.04. The second-order valence-electron chi connectivity index (χ2n) is 5.66. The maximum atomic E-state index is 12.9. The van der Waals surface area contributed by atoms with Gasteiger partial charge in [0.05, 0.1) is 14.2 Å². The average molecular weight is 331 g/mol. The highest BCUT2D eigenvalue weighted by Crippen LogP contribution is 2.30. The number of nitrogens with zero attached hydrogens (tertiary/aromatic N) is 1. The number of thiophene rings is 1. The normalized spacial score (nSPS) is 13.7. The van der Waals surface area contributed by atoms with E-state index in [2.05, 4.69) is 17.5 Å². The largest absolute Gasteiger partial charge is 0.497 e. The molecule has 0 N–H and O–H groups in total. The Hall–Kier alpha value is -2.01. The molecule has 1 aromatic heterocycles. The van der Waals surface area contributed by atoms with Gasteiger partial charge in [-0.15, -0.1) is 11.3 Å². The monoisotopic (exact) mass is 331 g/mol. The Morgan fingerprint density at radius 2 is 1.91 bits per heavy atom. The third kappa shape index (κ3) is 3.85. The lowest BCUT2D eigenvalue weighted by atomic mass is 10.1. The summed E-state index contributed by atoms with van der Waals surface area (Å²) in [5.41, 5.74) is 0.624. The van der Waals surface area contributed by atoms with Crippen molar-refractivity contribution < 1.29 is 14.3 Å². The minimum absolute atomic E-state index is 0.0567. The molecule has 5 heteroatoms. The van der Waals surface area contributed by atoms with E-state index in [1.54, 1.807) is 43.8 Å². The summed E-state index contributed by atoms with van der Waals surface area (Å²) >= 11 is 1.74. The lowest BCUT2D eigenvalue weighted by molar-refractivity contribution is 0.0744. The van der Waals surface area contributed by atoms with Gasteiger partial charge in [0.1, 0.15) is 11.5 Å². The predicted molar refractivity (Wildman–Crippen MR) is 91.6 cm³/mol. The van der Waals surface area contributed by atoms with Gasteiger partial charge in [0.25, 0.3) is 5.91 Å². The van der Waals surface area contributed by atoms with E-state index in [-0.39, 0.29) is 5.91 Å². The van der Waals surface area contributed by atoms with Gasteiger partial charge in [0.15, 0.2) is 0 Å². The maximum Gasteiger partial charge on any atom is 0.254 e. The Kier molecular flexibility index (Phi) is 4.86. The Balaban J connectivity index is 1.78. The molecule has 122 valence electrons. The van der Waals surface area contributed by atoms with Crippen LogP contribution in [0.5, 0.6) is 11.5 Å². The van der Waals surface area contributed by atoms with Crippen LogP contribution in [0.25, 0.3) is 0 Å². The van der Waals surface area contributed by atoms with E-state index in [0.29, 0.717) is 23.1 Å². The third-order valence-corrected chi connectivity index (χ3v) is 4.96. The number of rotatable bonds is 7. The van der Waals surface area contributed by atoms with Crippen molar-refractivity contribution in [2.75, 3.05) is 20.8 Å². The van der Waals surface area contributed by atoms with Gasteiger partial charge in [-0.05, 0) is 42.8 Å². The van der Waals surface area contributed by atoms with Crippen LogP contribution in [-0.4, -0.2) is 37.6 Å². The van der Waals surface area contributed by atoms with Crippen LogP contribution in [0.3, 0.4) is 0 Å². The van der Waals surface area contributed by atoms with E-state index in [0.717, 1.165) is 25.8 Å². The lowest BCUT2D eigenvalue weighted by Gasteiger charge is -2.23. The van der Waals surface area contributed by atoms with Gasteiger partial charge >= 0.3 is 0 Å². The molecule has 1 aliphatic carbocycles. The summed E-state index contributed by atoms with van der Waals surface area (Å²) in [5, 5.41) is 2.07. The van der Waals surface area contributed by atoms with Crippen LogP contribution in [0.1, 0.15) is 28.1 Å². The topological polar surface area (TPSA) is 38.8 Å². The van der Waals surface area contributed by atoms with Gasteiger partial charge in [-0.2, -0.15) is 0 Å². The van der Waals surface area contributed by atoms with Crippen molar-refractivity contribution in [3.8, 4) is 11.5 Å². The van der Waals surface area contributed by atoms with E-state index in [1.807, 2.05) is 4.90 Å². The molecule has 1 saturated carbocycles. The molecule has 23 heavy (non-hydrogen) atoms. The van der Waals surface area contributed by atoms with E-state index < -0.39 is 0 Å². The van der Waals surface area contributed by atoms with Gasteiger partial charge in [-0.25, -0.2) is 0 Å². The molecule has 0 bridgehead atoms. The van der Waals surface area contributed by atoms with Crippen LogP contribution >= 0.6 is 11.3 Å². The highest BCUT2D eigenvalue weighted by atomic mass is 32.1. The van der Waals surface area contributed by atoms with Gasteiger partial charge in [-0.1, -0.05) is 6.07 Å². The number of benzene rings is 1. The fraction of sp³-hybridized carbons (Fsp3) is 0.389. The minimum Gasteiger partial charge on any atom is -0.497 e. The number of ether oxygens (including phenoxy) is 2. The zero-order chi connectivity index (χ0) is 16.2. The maximum absolute atomic E-state index is 12.9. The van der Waals surface area contributed by atoms with Crippen molar-refractivity contribution in [3.63, 3.8) is 0 Å². The molecule has 1 aromatic carbocycles. The van der Waals surface area contributed by atoms with Crippen LogP contribution in [0.15, 0.2) is 35.7 Å². The summed E-state index contributed by atoms with van der Waals surface area (Å²) in [5.74, 6) is 1.34. The fourth-order valence-corrected chi connectivity index (χ4v) is 3.32. The predicted octanol–water partition coefficient (Wildman–Crippen LogP) is 3.61. The summed E-state index contributed by atoms with van der Waals surface area (Å²) < 4.78 is 10.5. The van der Waals surface area contributed by atoms with E-state index in [4.69, 9.17) is 9.47 Å². The number of carbonyl (C=O) groups excluding carboxylic acids is 1. The standard InChI is InChI=1S/C18H21NO3S/c1-21-15-10-13(11-16(12-15)22-2)18(20)19(14-5-6-14)8-7-17-4-3-9-23-17/h3-4,9-12,14H,5-8H2,1-2H3. The summed E-state index contributed by atoms with van der Waals surface area (Å²) in [7, 11) is 3.19. The number of carbonyl (C=O) groups is 1. The average Bonchev–Trinajstić information content (AvgIpc) is 3.29. The molecule has 0 aliphatic heterocycles. The van der Waals surface area contributed by atoms with Crippen molar-refractivity contribution in [2.24, 2.45) is 0 Å². The van der Waals surface area contributed by atoms with Gasteiger partial charge in [0.2, 0.25) is 0 Å². The Labute approximate surface area is 140 Å². The summed E-state index contributed by atoms with van der Waals surface area (Å²) in [6.45, 7) is 0.754.